The Balaban J connectivity index is 1.87. The number of nitriles is 1. The molecule has 0 unspecified atom stereocenters. The van der Waals surface area contributed by atoms with Crippen molar-refractivity contribution < 1.29 is 4.74 Å². The summed E-state index contributed by atoms with van der Waals surface area (Å²) in [7, 11) is 0. The predicted octanol–water partition coefficient (Wildman–Crippen LogP) is 4.32. The van der Waals surface area contributed by atoms with Crippen molar-refractivity contribution in [2.45, 2.75) is 44.5 Å². The van der Waals surface area contributed by atoms with Gasteiger partial charge in [0.25, 0.3) is 0 Å². The summed E-state index contributed by atoms with van der Waals surface area (Å²) in [6, 6.07) is 23.1. The van der Waals surface area contributed by atoms with Crippen molar-refractivity contribution in [3.05, 3.63) is 71.8 Å². The third-order valence-corrected chi connectivity index (χ3v) is 4.64. The maximum atomic E-state index is 9.85. The van der Waals surface area contributed by atoms with Crippen LogP contribution in [0.15, 0.2) is 60.7 Å². The Morgan fingerprint density at radius 3 is 2.42 bits per heavy atom. The Labute approximate surface area is 144 Å². The number of rotatable bonds is 6. The SMILES string of the molecule is CCC[C@H]1OC[C@@H](c2ccccc2)N1[C@@H](C#N)Cc1ccccc1. The molecule has 0 amide bonds. The minimum absolute atomic E-state index is 0.0218. The van der Waals surface area contributed by atoms with E-state index in [4.69, 9.17) is 4.74 Å². The van der Waals surface area contributed by atoms with E-state index < -0.39 is 0 Å². The molecule has 3 atom stereocenters. The quantitative estimate of drug-likeness (QED) is 0.795. The molecule has 0 saturated carbocycles. The van der Waals surface area contributed by atoms with Gasteiger partial charge in [-0.25, -0.2) is 0 Å². The summed E-state index contributed by atoms with van der Waals surface area (Å²) >= 11 is 0. The molecule has 0 aromatic heterocycles. The largest absolute Gasteiger partial charge is 0.361 e. The van der Waals surface area contributed by atoms with Crippen molar-refractivity contribution >= 4 is 0 Å². The second kappa shape index (κ2) is 8.10. The second-order valence-electron chi connectivity index (χ2n) is 6.28. The van der Waals surface area contributed by atoms with E-state index in [1.165, 1.54) is 11.1 Å². The molecule has 3 nitrogen and oxygen atoms in total. The molecule has 1 fully saturated rings. The standard InChI is InChI=1S/C21H24N2O/c1-2-9-21-23(19(15-22)14-17-10-5-3-6-11-17)20(16-24-21)18-12-7-4-8-13-18/h3-8,10-13,19-21H,2,9,14,16H2,1H3/t19-,20+,21-/m1/s1. The van der Waals surface area contributed by atoms with Gasteiger partial charge in [0.2, 0.25) is 0 Å². The molecular formula is C21H24N2O. The molecule has 124 valence electrons. The van der Waals surface area contributed by atoms with Crippen molar-refractivity contribution in [2.75, 3.05) is 6.61 Å². The van der Waals surface area contributed by atoms with Gasteiger partial charge in [0.05, 0.1) is 18.7 Å². The summed E-state index contributed by atoms with van der Waals surface area (Å²) in [6.45, 7) is 2.82. The molecule has 1 aliphatic heterocycles. The average Bonchev–Trinajstić information content (AvgIpc) is 3.05. The lowest BCUT2D eigenvalue weighted by Crippen LogP contribution is -2.41. The minimum Gasteiger partial charge on any atom is -0.361 e. The summed E-state index contributed by atoms with van der Waals surface area (Å²) < 4.78 is 6.07. The Hall–Kier alpha value is -2.15. The monoisotopic (exact) mass is 320 g/mol. The van der Waals surface area contributed by atoms with Crippen LogP contribution in [0.1, 0.15) is 36.9 Å². The Kier molecular flexibility index (Phi) is 5.63. The van der Waals surface area contributed by atoms with Gasteiger partial charge in [0.15, 0.2) is 0 Å². The van der Waals surface area contributed by atoms with Crippen LogP contribution >= 0.6 is 0 Å². The highest BCUT2D eigenvalue weighted by Crippen LogP contribution is 2.34. The van der Waals surface area contributed by atoms with E-state index >= 15 is 0 Å². The molecule has 3 heteroatoms. The van der Waals surface area contributed by atoms with Crippen LogP contribution in [0.25, 0.3) is 0 Å². The van der Waals surface area contributed by atoms with Gasteiger partial charge in [-0.1, -0.05) is 74.0 Å². The predicted molar refractivity (Wildman–Crippen MR) is 95.2 cm³/mol. The average molecular weight is 320 g/mol. The Morgan fingerprint density at radius 2 is 1.79 bits per heavy atom. The van der Waals surface area contributed by atoms with Crippen LogP contribution in [0.4, 0.5) is 0 Å². The number of ether oxygens (including phenoxy) is 1. The zero-order valence-corrected chi connectivity index (χ0v) is 14.1. The van der Waals surface area contributed by atoms with Crippen molar-refractivity contribution in [3.8, 4) is 6.07 Å². The van der Waals surface area contributed by atoms with E-state index in [-0.39, 0.29) is 18.3 Å². The van der Waals surface area contributed by atoms with Crippen molar-refractivity contribution in [1.29, 1.82) is 5.26 Å². The first-order valence-corrected chi connectivity index (χ1v) is 8.71. The molecule has 1 heterocycles. The summed E-state index contributed by atoms with van der Waals surface area (Å²) in [5.41, 5.74) is 2.42. The molecule has 0 radical (unpaired) electrons. The summed E-state index contributed by atoms with van der Waals surface area (Å²) in [5.74, 6) is 0. The smallest absolute Gasteiger partial charge is 0.112 e. The maximum absolute atomic E-state index is 9.85. The number of hydrogen-bond acceptors (Lipinski definition) is 3. The molecule has 0 N–H and O–H groups in total. The molecule has 2 aromatic carbocycles. The molecule has 0 spiro atoms. The highest BCUT2D eigenvalue weighted by atomic mass is 16.5. The first kappa shape index (κ1) is 16.7. The van der Waals surface area contributed by atoms with Gasteiger partial charge >= 0.3 is 0 Å². The molecule has 24 heavy (non-hydrogen) atoms. The van der Waals surface area contributed by atoms with Crippen LogP contribution in [0.3, 0.4) is 0 Å². The summed E-state index contributed by atoms with van der Waals surface area (Å²) in [4.78, 5) is 2.28. The van der Waals surface area contributed by atoms with Crippen LogP contribution in [-0.4, -0.2) is 23.8 Å². The Morgan fingerprint density at radius 1 is 1.12 bits per heavy atom. The Bertz CT molecular complexity index is 665. The lowest BCUT2D eigenvalue weighted by Gasteiger charge is -2.32. The maximum Gasteiger partial charge on any atom is 0.112 e. The van der Waals surface area contributed by atoms with Crippen molar-refractivity contribution in [2.24, 2.45) is 0 Å². The zero-order chi connectivity index (χ0) is 16.8. The highest BCUT2D eigenvalue weighted by molar-refractivity contribution is 5.23. The van der Waals surface area contributed by atoms with Gasteiger partial charge in [-0.15, -0.1) is 0 Å². The van der Waals surface area contributed by atoms with E-state index in [2.05, 4.69) is 54.3 Å². The molecule has 0 bridgehead atoms. The lowest BCUT2D eigenvalue weighted by molar-refractivity contribution is 0.0112. The van der Waals surface area contributed by atoms with Gasteiger partial charge in [-0.2, -0.15) is 5.26 Å². The molecule has 0 aliphatic carbocycles. The molecule has 1 aliphatic rings. The first-order valence-electron chi connectivity index (χ1n) is 8.71. The fraction of sp³-hybridized carbons (Fsp3) is 0.381. The third-order valence-electron chi connectivity index (χ3n) is 4.64. The summed E-state index contributed by atoms with van der Waals surface area (Å²) in [5, 5.41) is 9.85. The van der Waals surface area contributed by atoms with Crippen LogP contribution in [0, 0.1) is 11.3 Å². The van der Waals surface area contributed by atoms with Gasteiger partial charge < -0.3 is 4.74 Å². The minimum atomic E-state index is -0.184. The lowest BCUT2D eigenvalue weighted by atomic mass is 10.0. The van der Waals surface area contributed by atoms with E-state index in [0.29, 0.717) is 6.61 Å². The van der Waals surface area contributed by atoms with Crippen LogP contribution < -0.4 is 0 Å². The third kappa shape index (κ3) is 3.67. The van der Waals surface area contributed by atoms with E-state index in [9.17, 15) is 5.26 Å². The normalized spacial score (nSPS) is 22.2. The first-order chi connectivity index (χ1) is 11.8. The van der Waals surface area contributed by atoms with Crippen LogP contribution in [-0.2, 0) is 11.2 Å². The van der Waals surface area contributed by atoms with Gasteiger partial charge in [-0.3, -0.25) is 4.90 Å². The van der Waals surface area contributed by atoms with Crippen LogP contribution in [0.2, 0.25) is 0 Å². The number of hydrogen-bond donors (Lipinski definition) is 0. The van der Waals surface area contributed by atoms with Crippen molar-refractivity contribution in [3.63, 3.8) is 0 Å². The molecule has 2 aromatic rings. The molecular weight excluding hydrogens is 296 g/mol. The van der Waals surface area contributed by atoms with Crippen molar-refractivity contribution in [1.82, 2.24) is 4.90 Å². The van der Waals surface area contributed by atoms with Gasteiger partial charge in [-0.05, 0) is 17.5 Å². The van der Waals surface area contributed by atoms with E-state index in [1.54, 1.807) is 0 Å². The fourth-order valence-electron chi connectivity index (χ4n) is 3.47. The van der Waals surface area contributed by atoms with Gasteiger partial charge in [0, 0.05) is 6.42 Å². The summed E-state index contributed by atoms with van der Waals surface area (Å²) in [6.07, 6.45) is 2.75. The molecule has 3 rings (SSSR count). The number of benzene rings is 2. The van der Waals surface area contributed by atoms with E-state index in [1.807, 2.05) is 24.3 Å². The fourth-order valence-corrected chi connectivity index (χ4v) is 3.47. The number of nitrogens with zero attached hydrogens (tertiary/aromatic N) is 2. The van der Waals surface area contributed by atoms with Crippen LogP contribution in [0.5, 0.6) is 0 Å². The molecule has 1 saturated heterocycles. The topological polar surface area (TPSA) is 36.3 Å². The highest BCUT2D eigenvalue weighted by Gasteiger charge is 2.39. The van der Waals surface area contributed by atoms with Gasteiger partial charge in [0.1, 0.15) is 12.3 Å². The zero-order valence-electron chi connectivity index (χ0n) is 14.1. The second-order valence-corrected chi connectivity index (χ2v) is 6.28. The van der Waals surface area contributed by atoms with E-state index in [0.717, 1.165) is 19.3 Å².